The fourth-order valence-electron chi connectivity index (χ4n) is 3.46. The van der Waals surface area contributed by atoms with Crippen LogP contribution < -0.4 is 5.32 Å². The van der Waals surface area contributed by atoms with Crippen LogP contribution in [0.5, 0.6) is 0 Å². The van der Waals surface area contributed by atoms with Gasteiger partial charge in [0.25, 0.3) is 0 Å². The number of thioether (sulfide) groups is 1. The predicted octanol–water partition coefficient (Wildman–Crippen LogP) is 3.00. The van der Waals surface area contributed by atoms with Crippen LogP contribution in [0.3, 0.4) is 0 Å². The van der Waals surface area contributed by atoms with Gasteiger partial charge in [-0.25, -0.2) is 0 Å². The number of rotatable bonds is 4. The van der Waals surface area contributed by atoms with Crippen molar-refractivity contribution in [3.8, 4) is 0 Å². The van der Waals surface area contributed by atoms with Crippen molar-refractivity contribution >= 4 is 17.7 Å². The summed E-state index contributed by atoms with van der Waals surface area (Å²) in [6.07, 6.45) is 9.20. The molecule has 2 rings (SSSR count). The van der Waals surface area contributed by atoms with E-state index < -0.39 is 0 Å². The van der Waals surface area contributed by atoms with Crippen LogP contribution in [0.25, 0.3) is 0 Å². The summed E-state index contributed by atoms with van der Waals surface area (Å²) < 4.78 is 0. The zero-order chi connectivity index (χ0) is 14.0. The molecular formula is C15H28N2OS. The van der Waals surface area contributed by atoms with E-state index >= 15 is 0 Å². The Labute approximate surface area is 121 Å². The number of carbonyl (C=O) groups excluding carboxylic acids is 1. The monoisotopic (exact) mass is 284 g/mol. The van der Waals surface area contributed by atoms with Crippen molar-refractivity contribution in [2.24, 2.45) is 0 Å². The molecule has 1 saturated heterocycles. The molecule has 1 aliphatic heterocycles. The highest BCUT2D eigenvalue weighted by Gasteiger charge is 2.48. The van der Waals surface area contributed by atoms with Gasteiger partial charge in [-0.15, -0.1) is 0 Å². The molecule has 2 unspecified atom stereocenters. The van der Waals surface area contributed by atoms with Crippen molar-refractivity contribution < 1.29 is 4.79 Å². The Morgan fingerprint density at radius 1 is 1.32 bits per heavy atom. The molecule has 2 aliphatic rings. The van der Waals surface area contributed by atoms with Crippen LogP contribution in [-0.2, 0) is 4.79 Å². The molecule has 1 aliphatic carbocycles. The van der Waals surface area contributed by atoms with E-state index in [1.165, 1.54) is 25.7 Å². The number of hydrogen-bond donors (Lipinski definition) is 1. The van der Waals surface area contributed by atoms with Gasteiger partial charge in [0.05, 0.1) is 11.7 Å². The first-order valence-corrected chi connectivity index (χ1v) is 8.97. The van der Waals surface area contributed by atoms with Crippen LogP contribution in [0.15, 0.2) is 0 Å². The third kappa shape index (κ3) is 2.80. The van der Waals surface area contributed by atoms with E-state index in [4.69, 9.17) is 0 Å². The molecular weight excluding hydrogens is 256 g/mol. The maximum Gasteiger partial charge on any atom is 0.244 e. The molecule has 19 heavy (non-hydrogen) atoms. The van der Waals surface area contributed by atoms with E-state index in [0.717, 1.165) is 18.1 Å². The molecule has 110 valence electrons. The molecule has 0 aromatic heterocycles. The van der Waals surface area contributed by atoms with Gasteiger partial charge >= 0.3 is 0 Å². The molecule has 0 aromatic carbocycles. The topological polar surface area (TPSA) is 32.3 Å². The molecule has 3 nitrogen and oxygen atoms in total. The van der Waals surface area contributed by atoms with Gasteiger partial charge in [-0.05, 0) is 51.7 Å². The van der Waals surface area contributed by atoms with E-state index in [1.54, 1.807) is 0 Å². The van der Waals surface area contributed by atoms with Crippen molar-refractivity contribution in [3.63, 3.8) is 0 Å². The normalized spacial score (nSPS) is 39.9. The summed E-state index contributed by atoms with van der Waals surface area (Å²) in [5.41, 5.74) is -0.336. The van der Waals surface area contributed by atoms with Crippen molar-refractivity contribution in [1.29, 1.82) is 0 Å². The summed E-state index contributed by atoms with van der Waals surface area (Å²) in [6.45, 7) is 6.34. The second-order valence-electron chi connectivity index (χ2n) is 6.13. The average molecular weight is 284 g/mol. The molecule has 1 heterocycles. The summed E-state index contributed by atoms with van der Waals surface area (Å²) in [5, 5.41) is 4.37. The van der Waals surface area contributed by atoms with Crippen LogP contribution in [-0.4, -0.2) is 40.1 Å². The molecule has 0 radical (unpaired) electrons. The molecule has 2 fully saturated rings. The van der Waals surface area contributed by atoms with Gasteiger partial charge in [0.1, 0.15) is 0 Å². The molecule has 1 saturated carbocycles. The highest BCUT2D eigenvalue weighted by atomic mass is 32.2. The lowest BCUT2D eigenvalue weighted by Gasteiger charge is -2.37. The van der Waals surface area contributed by atoms with Crippen molar-refractivity contribution in [1.82, 2.24) is 10.2 Å². The summed E-state index contributed by atoms with van der Waals surface area (Å²) in [7, 11) is 0. The quantitative estimate of drug-likeness (QED) is 0.861. The Hall–Kier alpha value is -0.220. The molecule has 2 atom stereocenters. The molecule has 0 aromatic rings. The predicted molar refractivity (Wildman–Crippen MR) is 82.3 cm³/mol. The first-order chi connectivity index (χ1) is 9.05. The number of nitrogens with one attached hydrogen (secondary N) is 1. The van der Waals surface area contributed by atoms with Crippen LogP contribution >= 0.6 is 11.8 Å². The van der Waals surface area contributed by atoms with Crippen LogP contribution in [0.4, 0.5) is 0 Å². The number of nitrogens with zero attached hydrogens (tertiary/aromatic N) is 1. The highest BCUT2D eigenvalue weighted by molar-refractivity contribution is 7.99. The lowest BCUT2D eigenvalue weighted by atomic mass is 9.92. The zero-order valence-electron chi connectivity index (χ0n) is 12.7. The van der Waals surface area contributed by atoms with E-state index in [2.05, 4.69) is 37.2 Å². The van der Waals surface area contributed by atoms with Crippen molar-refractivity contribution in [2.45, 2.75) is 82.3 Å². The number of amides is 1. The van der Waals surface area contributed by atoms with Gasteiger partial charge in [-0.2, -0.15) is 11.8 Å². The van der Waals surface area contributed by atoms with Gasteiger partial charge in [0.2, 0.25) is 5.91 Å². The smallest absolute Gasteiger partial charge is 0.244 e. The fourth-order valence-corrected chi connectivity index (χ4v) is 4.20. The largest absolute Gasteiger partial charge is 0.323 e. The summed E-state index contributed by atoms with van der Waals surface area (Å²) in [4.78, 5) is 14.9. The zero-order valence-corrected chi connectivity index (χ0v) is 13.6. The van der Waals surface area contributed by atoms with Gasteiger partial charge in [0.15, 0.2) is 0 Å². The third-order valence-corrected chi connectivity index (χ3v) is 6.13. The second kappa shape index (κ2) is 6.04. The first-order valence-electron chi connectivity index (χ1n) is 7.69. The van der Waals surface area contributed by atoms with Gasteiger partial charge < -0.3 is 4.90 Å². The molecule has 0 spiro atoms. The third-order valence-electron chi connectivity index (χ3n) is 4.99. The van der Waals surface area contributed by atoms with Crippen LogP contribution in [0, 0.1) is 0 Å². The summed E-state index contributed by atoms with van der Waals surface area (Å²) >= 11 is 1.98. The number of hydrogen-bond acceptors (Lipinski definition) is 3. The van der Waals surface area contributed by atoms with Crippen molar-refractivity contribution in [2.75, 3.05) is 6.26 Å². The maximum atomic E-state index is 12.7. The van der Waals surface area contributed by atoms with Gasteiger partial charge in [-0.1, -0.05) is 13.8 Å². The molecule has 1 amide bonds. The standard InChI is InChI=1S/C15H28N2OS/c1-5-13-16-15(3,6-2)14(18)17(13)11-7-9-12(19-4)10-8-11/h11-13,16H,5-10H2,1-4H3. The second-order valence-corrected chi connectivity index (χ2v) is 7.27. The van der Waals surface area contributed by atoms with Gasteiger partial charge in [0, 0.05) is 11.3 Å². The molecule has 1 N–H and O–H groups in total. The fraction of sp³-hybridized carbons (Fsp3) is 0.933. The van der Waals surface area contributed by atoms with Crippen LogP contribution in [0.1, 0.15) is 59.3 Å². The minimum Gasteiger partial charge on any atom is -0.323 e. The Balaban J connectivity index is 2.08. The van der Waals surface area contributed by atoms with Crippen LogP contribution in [0.2, 0.25) is 0 Å². The average Bonchev–Trinajstić information content (AvgIpc) is 2.71. The first kappa shape index (κ1) is 15.2. The number of carbonyl (C=O) groups is 1. The van der Waals surface area contributed by atoms with E-state index in [0.29, 0.717) is 11.9 Å². The Bertz CT molecular complexity index is 328. The van der Waals surface area contributed by atoms with E-state index in [-0.39, 0.29) is 11.7 Å². The minimum atomic E-state index is -0.336. The molecule has 4 heteroatoms. The lowest BCUT2D eigenvalue weighted by Crippen LogP contribution is -2.46. The van der Waals surface area contributed by atoms with Crippen molar-refractivity contribution in [3.05, 3.63) is 0 Å². The lowest BCUT2D eigenvalue weighted by molar-refractivity contribution is -0.135. The summed E-state index contributed by atoms with van der Waals surface area (Å²) in [5.74, 6) is 0.328. The Morgan fingerprint density at radius 3 is 2.42 bits per heavy atom. The van der Waals surface area contributed by atoms with E-state index in [1.807, 2.05) is 11.8 Å². The Kier molecular flexibility index (Phi) is 4.83. The Morgan fingerprint density at radius 2 is 1.95 bits per heavy atom. The SMILES string of the molecule is CCC1NC(C)(CC)C(=O)N1C1CCC(SC)CC1. The highest BCUT2D eigenvalue weighted by Crippen LogP contribution is 2.35. The minimum absolute atomic E-state index is 0.244. The maximum absolute atomic E-state index is 12.7. The van der Waals surface area contributed by atoms with Gasteiger partial charge in [-0.3, -0.25) is 10.1 Å². The summed E-state index contributed by atoms with van der Waals surface area (Å²) in [6, 6.07) is 0.460. The molecule has 0 bridgehead atoms. The van der Waals surface area contributed by atoms with E-state index in [9.17, 15) is 4.79 Å².